The molecule has 0 amide bonds. The van der Waals surface area contributed by atoms with Gasteiger partial charge in [0.15, 0.2) is 5.65 Å². The standard InChI is InChI=1S/C18H13ClN4O3S/c1-25-17(24)13-6-4-8-23-9-11(20-15(13)23)10-27-18-22-21-16(26-18)12-5-2-3-7-14(12)19/h2-9H,10H2,1H3. The van der Waals surface area contributed by atoms with Gasteiger partial charge in [-0.1, -0.05) is 35.5 Å². The molecule has 7 nitrogen and oxygen atoms in total. The second kappa shape index (κ2) is 7.42. The van der Waals surface area contributed by atoms with Crippen LogP contribution in [0.1, 0.15) is 16.1 Å². The van der Waals surface area contributed by atoms with Gasteiger partial charge in [-0.25, -0.2) is 9.78 Å². The van der Waals surface area contributed by atoms with Crippen molar-refractivity contribution in [1.29, 1.82) is 0 Å². The van der Waals surface area contributed by atoms with Gasteiger partial charge in [0.25, 0.3) is 5.22 Å². The van der Waals surface area contributed by atoms with E-state index in [1.54, 1.807) is 22.6 Å². The quantitative estimate of drug-likeness (QED) is 0.368. The van der Waals surface area contributed by atoms with Crippen LogP contribution in [0.25, 0.3) is 17.1 Å². The number of methoxy groups -OCH3 is 1. The summed E-state index contributed by atoms with van der Waals surface area (Å²) in [5.74, 6) is 0.449. The van der Waals surface area contributed by atoms with Gasteiger partial charge in [0, 0.05) is 18.1 Å². The molecule has 0 saturated heterocycles. The predicted octanol–water partition coefficient (Wildman–Crippen LogP) is 4.12. The van der Waals surface area contributed by atoms with Crippen LogP contribution in [0.5, 0.6) is 0 Å². The molecule has 0 aliphatic carbocycles. The SMILES string of the molecule is COC(=O)c1cccn2cc(CSc3nnc(-c4ccccc4Cl)o3)nc12. The molecule has 3 heterocycles. The second-order valence-electron chi connectivity index (χ2n) is 5.52. The minimum absolute atomic E-state index is 0.367. The molecule has 9 heteroatoms. The maximum atomic E-state index is 11.9. The fraction of sp³-hybridized carbons (Fsp3) is 0.111. The summed E-state index contributed by atoms with van der Waals surface area (Å²) in [7, 11) is 1.34. The number of nitrogens with zero attached hydrogens (tertiary/aromatic N) is 4. The van der Waals surface area contributed by atoms with Crippen molar-refractivity contribution in [2.75, 3.05) is 7.11 Å². The van der Waals surface area contributed by atoms with Crippen LogP contribution in [0.15, 0.2) is 58.4 Å². The van der Waals surface area contributed by atoms with Gasteiger partial charge < -0.3 is 13.6 Å². The summed E-state index contributed by atoms with van der Waals surface area (Å²) in [5.41, 5.74) is 2.42. The molecule has 0 aliphatic heterocycles. The summed E-state index contributed by atoms with van der Waals surface area (Å²) in [6.45, 7) is 0. The topological polar surface area (TPSA) is 82.5 Å². The average Bonchev–Trinajstić information content (AvgIpc) is 3.32. The van der Waals surface area contributed by atoms with Crippen molar-refractivity contribution in [2.24, 2.45) is 0 Å². The van der Waals surface area contributed by atoms with Gasteiger partial charge in [-0.2, -0.15) is 0 Å². The fourth-order valence-corrected chi connectivity index (χ4v) is 3.41. The van der Waals surface area contributed by atoms with Crippen molar-refractivity contribution in [3.05, 3.63) is 65.1 Å². The van der Waals surface area contributed by atoms with E-state index in [0.29, 0.717) is 38.7 Å². The number of hydrogen-bond donors (Lipinski definition) is 0. The van der Waals surface area contributed by atoms with Crippen molar-refractivity contribution in [3.8, 4) is 11.5 Å². The van der Waals surface area contributed by atoms with E-state index in [1.165, 1.54) is 18.9 Å². The molecule has 4 aromatic rings. The third-order valence-corrected chi connectivity index (χ3v) is 4.97. The van der Waals surface area contributed by atoms with Crippen molar-refractivity contribution in [2.45, 2.75) is 11.0 Å². The van der Waals surface area contributed by atoms with Crippen LogP contribution in [-0.2, 0) is 10.5 Å². The van der Waals surface area contributed by atoms with Gasteiger partial charge in [0.2, 0.25) is 5.89 Å². The highest BCUT2D eigenvalue weighted by Crippen LogP contribution is 2.29. The monoisotopic (exact) mass is 400 g/mol. The molecule has 0 N–H and O–H groups in total. The predicted molar refractivity (Wildman–Crippen MR) is 101 cm³/mol. The molecule has 0 bridgehead atoms. The van der Waals surface area contributed by atoms with E-state index in [4.69, 9.17) is 20.8 Å². The van der Waals surface area contributed by atoms with Gasteiger partial charge >= 0.3 is 5.97 Å². The zero-order valence-corrected chi connectivity index (χ0v) is 15.7. The van der Waals surface area contributed by atoms with Gasteiger partial charge in [-0.15, -0.1) is 10.2 Å². The Bertz CT molecular complexity index is 1120. The van der Waals surface area contributed by atoms with E-state index in [0.717, 1.165) is 5.69 Å². The Kier molecular flexibility index (Phi) is 4.83. The molecular formula is C18H13ClN4O3S. The average molecular weight is 401 g/mol. The summed E-state index contributed by atoms with van der Waals surface area (Å²) in [6.07, 6.45) is 3.67. The number of rotatable bonds is 5. The Hall–Kier alpha value is -2.84. The summed E-state index contributed by atoms with van der Waals surface area (Å²) < 4.78 is 12.3. The summed E-state index contributed by atoms with van der Waals surface area (Å²) in [6, 6.07) is 10.7. The number of carbonyl (C=O) groups excluding carboxylic acids is 1. The number of ether oxygens (including phenoxy) is 1. The van der Waals surface area contributed by atoms with E-state index in [9.17, 15) is 4.79 Å². The number of pyridine rings is 1. The van der Waals surface area contributed by atoms with E-state index < -0.39 is 5.97 Å². The first-order valence-corrected chi connectivity index (χ1v) is 9.28. The molecule has 3 aromatic heterocycles. The number of aromatic nitrogens is 4. The molecule has 0 fully saturated rings. The summed E-state index contributed by atoms with van der Waals surface area (Å²) in [5, 5.41) is 9.04. The first kappa shape index (κ1) is 17.6. The number of benzene rings is 1. The number of thioether (sulfide) groups is 1. The van der Waals surface area contributed by atoms with Crippen LogP contribution >= 0.6 is 23.4 Å². The number of imidazole rings is 1. The maximum absolute atomic E-state index is 11.9. The van der Waals surface area contributed by atoms with Crippen LogP contribution < -0.4 is 0 Å². The largest absolute Gasteiger partial charge is 0.465 e. The van der Waals surface area contributed by atoms with Crippen LogP contribution in [0.4, 0.5) is 0 Å². The van der Waals surface area contributed by atoms with Gasteiger partial charge in [-0.3, -0.25) is 0 Å². The van der Waals surface area contributed by atoms with Crippen LogP contribution in [0.3, 0.4) is 0 Å². The Balaban J connectivity index is 1.53. The van der Waals surface area contributed by atoms with Crippen molar-refractivity contribution in [1.82, 2.24) is 19.6 Å². The smallest absolute Gasteiger partial charge is 0.341 e. The Morgan fingerprint density at radius 3 is 2.93 bits per heavy atom. The highest BCUT2D eigenvalue weighted by atomic mass is 35.5. The van der Waals surface area contributed by atoms with Crippen LogP contribution in [-0.4, -0.2) is 32.7 Å². The number of fused-ring (bicyclic) bond motifs is 1. The fourth-order valence-electron chi connectivity index (χ4n) is 2.55. The number of halogens is 1. The van der Waals surface area contributed by atoms with Crippen LogP contribution in [0, 0.1) is 0 Å². The molecule has 27 heavy (non-hydrogen) atoms. The molecule has 1 aromatic carbocycles. The first-order valence-electron chi connectivity index (χ1n) is 7.92. The molecule has 0 spiro atoms. The summed E-state index contributed by atoms with van der Waals surface area (Å²) in [4.78, 5) is 16.4. The van der Waals surface area contributed by atoms with Gasteiger partial charge in [0.05, 0.1) is 23.4 Å². The number of hydrogen-bond acceptors (Lipinski definition) is 7. The van der Waals surface area contributed by atoms with E-state index in [1.807, 2.05) is 30.6 Å². The molecule has 0 atom stereocenters. The lowest BCUT2D eigenvalue weighted by atomic mass is 10.2. The molecule has 0 radical (unpaired) electrons. The second-order valence-corrected chi connectivity index (χ2v) is 6.85. The van der Waals surface area contributed by atoms with Crippen LogP contribution in [0.2, 0.25) is 5.02 Å². The Morgan fingerprint density at radius 2 is 2.11 bits per heavy atom. The molecular weight excluding hydrogens is 388 g/mol. The lowest BCUT2D eigenvalue weighted by molar-refractivity contribution is 0.0602. The number of esters is 1. The zero-order valence-electron chi connectivity index (χ0n) is 14.1. The molecule has 0 aliphatic rings. The lowest BCUT2D eigenvalue weighted by Crippen LogP contribution is -2.03. The minimum Gasteiger partial charge on any atom is -0.465 e. The molecule has 4 rings (SSSR count). The minimum atomic E-state index is -0.424. The van der Waals surface area contributed by atoms with E-state index in [2.05, 4.69) is 15.2 Å². The normalized spacial score (nSPS) is 11.0. The highest BCUT2D eigenvalue weighted by molar-refractivity contribution is 7.98. The van der Waals surface area contributed by atoms with E-state index in [-0.39, 0.29) is 0 Å². The summed E-state index contributed by atoms with van der Waals surface area (Å²) >= 11 is 7.51. The van der Waals surface area contributed by atoms with E-state index >= 15 is 0 Å². The van der Waals surface area contributed by atoms with Gasteiger partial charge in [-0.05, 0) is 24.3 Å². The molecule has 136 valence electrons. The zero-order chi connectivity index (χ0) is 18.8. The van der Waals surface area contributed by atoms with Crippen molar-refractivity contribution < 1.29 is 13.9 Å². The van der Waals surface area contributed by atoms with Crippen molar-refractivity contribution >= 4 is 35.0 Å². The molecule has 0 saturated carbocycles. The Labute approximate surface area is 163 Å². The number of carbonyl (C=O) groups is 1. The highest BCUT2D eigenvalue weighted by Gasteiger charge is 2.15. The molecule has 0 unspecified atom stereocenters. The van der Waals surface area contributed by atoms with Crippen molar-refractivity contribution in [3.63, 3.8) is 0 Å². The first-order chi connectivity index (χ1) is 13.2. The third kappa shape index (κ3) is 3.54. The van der Waals surface area contributed by atoms with Gasteiger partial charge in [0.1, 0.15) is 5.56 Å². The maximum Gasteiger partial charge on any atom is 0.341 e. The lowest BCUT2D eigenvalue weighted by Gasteiger charge is -2.00. The Morgan fingerprint density at radius 1 is 1.26 bits per heavy atom. The third-order valence-electron chi connectivity index (χ3n) is 3.79.